The fourth-order valence-corrected chi connectivity index (χ4v) is 5.04. The number of alkyl halides is 1. The third kappa shape index (κ3) is 4.58. The van der Waals surface area contributed by atoms with E-state index in [1.165, 1.54) is 0 Å². The van der Waals surface area contributed by atoms with Crippen molar-refractivity contribution in [2.24, 2.45) is 11.8 Å². The van der Waals surface area contributed by atoms with E-state index in [0.29, 0.717) is 24.7 Å². The van der Waals surface area contributed by atoms with Crippen LogP contribution >= 0.6 is 15.9 Å². The van der Waals surface area contributed by atoms with Crippen LogP contribution in [0.1, 0.15) is 12.0 Å². The average molecular weight is 347 g/mol. The van der Waals surface area contributed by atoms with Gasteiger partial charge in [0, 0.05) is 5.33 Å². The molecule has 0 radical (unpaired) electrons. The van der Waals surface area contributed by atoms with Crippen molar-refractivity contribution in [1.82, 2.24) is 0 Å². The van der Waals surface area contributed by atoms with Crippen molar-refractivity contribution in [3.05, 3.63) is 35.9 Å². The zero-order valence-electron chi connectivity index (χ0n) is 10.8. The van der Waals surface area contributed by atoms with Crippen LogP contribution in [0.15, 0.2) is 30.3 Å². The lowest BCUT2D eigenvalue weighted by atomic mass is 9.94. The van der Waals surface area contributed by atoms with E-state index < -0.39 is 9.84 Å². The molecular weight excluding hydrogens is 328 g/mol. The largest absolute Gasteiger partial charge is 0.376 e. The Balaban J connectivity index is 1.80. The summed E-state index contributed by atoms with van der Waals surface area (Å²) < 4.78 is 28.7. The first-order chi connectivity index (χ1) is 9.11. The molecule has 1 aromatic rings. The van der Waals surface area contributed by atoms with Crippen LogP contribution in [-0.4, -0.2) is 31.9 Å². The van der Waals surface area contributed by atoms with Gasteiger partial charge in [0.25, 0.3) is 0 Å². The summed E-state index contributed by atoms with van der Waals surface area (Å²) in [5.74, 6) is 1.17. The van der Waals surface area contributed by atoms with Crippen molar-refractivity contribution >= 4 is 25.8 Å². The molecule has 0 aromatic heterocycles. The summed E-state index contributed by atoms with van der Waals surface area (Å²) in [6.45, 7) is 1.20. The third-order valence-electron chi connectivity index (χ3n) is 3.58. The summed E-state index contributed by atoms with van der Waals surface area (Å²) in [4.78, 5) is 0. The summed E-state index contributed by atoms with van der Waals surface area (Å²) in [6.07, 6.45) is 0.771. The standard InChI is InChI=1S/C14H19BrO3S/c15-8-14(13-6-7-19(16,17)11-13)10-18-9-12-4-2-1-3-5-12/h1-5,13-14H,6-11H2. The Morgan fingerprint density at radius 1 is 1.32 bits per heavy atom. The number of halogens is 1. The van der Waals surface area contributed by atoms with E-state index in [1.807, 2.05) is 30.3 Å². The molecule has 0 spiro atoms. The second-order valence-electron chi connectivity index (χ2n) is 5.08. The van der Waals surface area contributed by atoms with E-state index in [9.17, 15) is 8.42 Å². The van der Waals surface area contributed by atoms with Crippen LogP contribution in [0.3, 0.4) is 0 Å². The highest BCUT2D eigenvalue weighted by Gasteiger charge is 2.33. The normalized spacial score (nSPS) is 23.3. The molecule has 1 fully saturated rings. The zero-order chi connectivity index (χ0) is 13.7. The van der Waals surface area contributed by atoms with Gasteiger partial charge in [-0.3, -0.25) is 0 Å². The minimum absolute atomic E-state index is 0.236. The molecule has 0 amide bonds. The molecule has 0 N–H and O–H groups in total. The molecule has 1 aromatic carbocycles. The molecular formula is C14H19BrO3S. The predicted octanol–water partition coefficient (Wildman–Crippen LogP) is 2.65. The van der Waals surface area contributed by atoms with Crippen LogP contribution in [0.5, 0.6) is 0 Å². The molecule has 1 saturated heterocycles. The van der Waals surface area contributed by atoms with Crippen LogP contribution in [-0.2, 0) is 21.2 Å². The highest BCUT2D eigenvalue weighted by Crippen LogP contribution is 2.27. The average Bonchev–Trinajstić information content (AvgIpc) is 2.76. The molecule has 106 valence electrons. The Labute approximate surface area is 123 Å². The molecule has 1 aliphatic rings. The Morgan fingerprint density at radius 2 is 2.05 bits per heavy atom. The SMILES string of the molecule is O=S1(=O)CCC(C(CBr)COCc2ccccc2)C1. The number of benzene rings is 1. The van der Waals surface area contributed by atoms with Gasteiger partial charge >= 0.3 is 0 Å². The first-order valence-electron chi connectivity index (χ1n) is 6.49. The number of hydrogen-bond donors (Lipinski definition) is 0. The molecule has 1 aliphatic heterocycles. The molecule has 2 unspecified atom stereocenters. The Morgan fingerprint density at radius 3 is 2.63 bits per heavy atom. The van der Waals surface area contributed by atoms with Gasteiger partial charge in [-0.1, -0.05) is 46.3 Å². The van der Waals surface area contributed by atoms with Crippen molar-refractivity contribution in [3.8, 4) is 0 Å². The smallest absolute Gasteiger partial charge is 0.150 e. The zero-order valence-corrected chi connectivity index (χ0v) is 13.2. The number of sulfone groups is 1. The Bertz CT molecular complexity index is 487. The molecule has 19 heavy (non-hydrogen) atoms. The quantitative estimate of drug-likeness (QED) is 0.743. The maximum absolute atomic E-state index is 11.5. The monoisotopic (exact) mass is 346 g/mol. The summed E-state index contributed by atoms with van der Waals surface area (Å²) in [5.41, 5.74) is 1.15. The van der Waals surface area contributed by atoms with Gasteiger partial charge in [-0.15, -0.1) is 0 Å². The topological polar surface area (TPSA) is 43.4 Å². The van der Waals surface area contributed by atoms with Crippen LogP contribution in [0.4, 0.5) is 0 Å². The van der Waals surface area contributed by atoms with Crippen LogP contribution in [0, 0.1) is 11.8 Å². The lowest BCUT2D eigenvalue weighted by Crippen LogP contribution is -2.22. The van der Waals surface area contributed by atoms with Crippen molar-refractivity contribution < 1.29 is 13.2 Å². The second-order valence-corrected chi connectivity index (χ2v) is 7.95. The van der Waals surface area contributed by atoms with E-state index in [0.717, 1.165) is 17.3 Å². The molecule has 0 bridgehead atoms. The van der Waals surface area contributed by atoms with E-state index in [1.54, 1.807) is 0 Å². The fraction of sp³-hybridized carbons (Fsp3) is 0.571. The fourth-order valence-electron chi connectivity index (χ4n) is 2.40. The van der Waals surface area contributed by atoms with E-state index in [-0.39, 0.29) is 11.8 Å². The molecule has 2 atom stereocenters. The van der Waals surface area contributed by atoms with Crippen LogP contribution in [0.25, 0.3) is 0 Å². The summed E-state index contributed by atoms with van der Waals surface area (Å²) in [6, 6.07) is 10.0. The maximum atomic E-state index is 11.5. The summed E-state index contributed by atoms with van der Waals surface area (Å²) in [7, 11) is -2.80. The maximum Gasteiger partial charge on any atom is 0.150 e. The van der Waals surface area contributed by atoms with E-state index in [4.69, 9.17) is 4.74 Å². The molecule has 1 heterocycles. The van der Waals surface area contributed by atoms with Gasteiger partial charge in [-0.25, -0.2) is 8.42 Å². The third-order valence-corrected chi connectivity index (χ3v) is 6.20. The highest BCUT2D eigenvalue weighted by molar-refractivity contribution is 9.09. The van der Waals surface area contributed by atoms with Gasteiger partial charge in [0.2, 0.25) is 0 Å². The first kappa shape index (κ1) is 15.0. The van der Waals surface area contributed by atoms with Gasteiger partial charge in [-0.05, 0) is 23.8 Å². The van der Waals surface area contributed by atoms with Crippen LogP contribution < -0.4 is 0 Å². The minimum atomic E-state index is -2.80. The summed E-state index contributed by atoms with van der Waals surface area (Å²) >= 11 is 3.48. The second kappa shape index (κ2) is 6.86. The predicted molar refractivity (Wildman–Crippen MR) is 80.1 cm³/mol. The number of hydrogen-bond acceptors (Lipinski definition) is 3. The van der Waals surface area contributed by atoms with Crippen molar-refractivity contribution in [3.63, 3.8) is 0 Å². The van der Waals surface area contributed by atoms with Crippen molar-refractivity contribution in [1.29, 1.82) is 0 Å². The Hall–Kier alpha value is -0.390. The van der Waals surface area contributed by atoms with E-state index >= 15 is 0 Å². The number of rotatable bonds is 6. The molecule has 2 rings (SSSR count). The lowest BCUT2D eigenvalue weighted by Gasteiger charge is -2.20. The lowest BCUT2D eigenvalue weighted by molar-refractivity contribution is 0.0783. The van der Waals surface area contributed by atoms with E-state index in [2.05, 4.69) is 15.9 Å². The van der Waals surface area contributed by atoms with Crippen LogP contribution in [0.2, 0.25) is 0 Å². The number of ether oxygens (including phenoxy) is 1. The molecule has 5 heteroatoms. The van der Waals surface area contributed by atoms with Gasteiger partial charge in [0.05, 0.1) is 24.7 Å². The van der Waals surface area contributed by atoms with Gasteiger partial charge in [0.15, 0.2) is 9.84 Å². The molecule has 0 saturated carbocycles. The first-order valence-corrected chi connectivity index (χ1v) is 9.43. The Kier molecular flexibility index (Phi) is 5.42. The van der Waals surface area contributed by atoms with Gasteiger partial charge < -0.3 is 4.74 Å². The summed E-state index contributed by atoms with van der Waals surface area (Å²) in [5, 5.41) is 0.794. The van der Waals surface area contributed by atoms with Gasteiger partial charge in [0.1, 0.15) is 0 Å². The highest BCUT2D eigenvalue weighted by atomic mass is 79.9. The molecule has 3 nitrogen and oxygen atoms in total. The minimum Gasteiger partial charge on any atom is -0.376 e. The van der Waals surface area contributed by atoms with Crippen molar-refractivity contribution in [2.75, 3.05) is 23.4 Å². The van der Waals surface area contributed by atoms with Crippen molar-refractivity contribution in [2.45, 2.75) is 13.0 Å². The van der Waals surface area contributed by atoms with Gasteiger partial charge in [-0.2, -0.15) is 0 Å². The molecule has 0 aliphatic carbocycles.